The summed E-state index contributed by atoms with van der Waals surface area (Å²) in [5, 5.41) is 4.31. The molecule has 0 radical (unpaired) electrons. The number of pyridine rings is 1. The van der Waals surface area contributed by atoms with E-state index in [0.717, 1.165) is 60.3 Å². The Morgan fingerprint density at radius 1 is 0.966 bits per heavy atom. The summed E-state index contributed by atoms with van der Waals surface area (Å²) in [5.41, 5.74) is 5.90. The first-order valence-corrected chi connectivity index (χ1v) is 9.61. The van der Waals surface area contributed by atoms with Crippen molar-refractivity contribution in [1.29, 1.82) is 0 Å². The van der Waals surface area contributed by atoms with Gasteiger partial charge in [0.25, 0.3) is 5.91 Å². The molecule has 0 aliphatic carbocycles. The van der Waals surface area contributed by atoms with Crippen LogP contribution in [0.2, 0.25) is 0 Å². The number of hydrogen-bond donors (Lipinski definition) is 1. The van der Waals surface area contributed by atoms with Gasteiger partial charge in [0.15, 0.2) is 0 Å². The first-order chi connectivity index (χ1) is 13.1. The van der Waals surface area contributed by atoms with Gasteiger partial charge in [-0.2, -0.15) is 0 Å². The number of nitrogens with zero attached hydrogens (tertiary/aromatic N) is 2. The van der Waals surface area contributed by atoms with Crippen molar-refractivity contribution in [2.75, 3.05) is 26.2 Å². The molecule has 1 aliphatic rings. The van der Waals surface area contributed by atoms with Crippen molar-refractivity contribution in [1.82, 2.24) is 15.2 Å². The highest BCUT2D eigenvalue weighted by molar-refractivity contribution is 6.07. The molecule has 1 aromatic heterocycles. The van der Waals surface area contributed by atoms with E-state index in [9.17, 15) is 4.79 Å². The molecule has 0 saturated carbocycles. The Hall–Kier alpha value is -2.14. The van der Waals surface area contributed by atoms with Crippen LogP contribution in [0, 0.1) is 13.8 Å². The zero-order valence-corrected chi connectivity index (χ0v) is 18.4. The number of carbonyl (C=O) groups is 1. The van der Waals surface area contributed by atoms with Crippen LogP contribution in [-0.4, -0.2) is 42.0 Å². The number of benzene rings is 2. The van der Waals surface area contributed by atoms with Crippen molar-refractivity contribution < 1.29 is 4.79 Å². The second kappa shape index (κ2) is 10.1. The zero-order valence-electron chi connectivity index (χ0n) is 16.8. The summed E-state index contributed by atoms with van der Waals surface area (Å²) in [6.07, 6.45) is 0.985. The third kappa shape index (κ3) is 4.89. The molecule has 1 N–H and O–H groups in total. The van der Waals surface area contributed by atoms with Gasteiger partial charge in [-0.25, -0.2) is 4.98 Å². The molecule has 1 aliphatic heterocycles. The van der Waals surface area contributed by atoms with Crippen LogP contribution in [0.25, 0.3) is 22.2 Å². The van der Waals surface area contributed by atoms with Crippen molar-refractivity contribution in [3.05, 3.63) is 65.2 Å². The number of carbonyl (C=O) groups excluding carboxylic acids is 1. The molecular formula is C23H27Cl2N3O. The number of hydrogen-bond acceptors (Lipinski definition) is 3. The number of rotatable bonds is 2. The average molecular weight is 432 g/mol. The molecule has 4 nitrogen and oxygen atoms in total. The summed E-state index contributed by atoms with van der Waals surface area (Å²) in [6.45, 7) is 7.53. The molecule has 154 valence electrons. The molecule has 3 aromatic rings. The van der Waals surface area contributed by atoms with E-state index in [4.69, 9.17) is 4.98 Å². The van der Waals surface area contributed by atoms with E-state index in [1.807, 2.05) is 41.3 Å². The van der Waals surface area contributed by atoms with E-state index >= 15 is 0 Å². The molecule has 2 aromatic carbocycles. The molecule has 0 spiro atoms. The van der Waals surface area contributed by atoms with E-state index in [-0.39, 0.29) is 30.7 Å². The topological polar surface area (TPSA) is 45.2 Å². The smallest absolute Gasteiger partial charge is 0.254 e. The number of aromatic nitrogens is 1. The maximum absolute atomic E-state index is 13.4. The fraction of sp³-hybridized carbons (Fsp3) is 0.304. The molecule has 1 fully saturated rings. The van der Waals surface area contributed by atoms with Crippen molar-refractivity contribution in [2.24, 2.45) is 0 Å². The van der Waals surface area contributed by atoms with Crippen molar-refractivity contribution in [3.8, 4) is 11.3 Å². The Labute approximate surface area is 184 Å². The summed E-state index contributed by atoms with van der Waals surface area (Å²) in [6, 6.07) is 16.3. The highest BCUT2D eigenvalue weighted by Crippen LogP contribution is 2.28. The second-order valence-electron chi connectivity index (χ2n) is 7.27. The van der Waals surface area contributed by atoms with Crippen LogP contribution in [0.1, 0.15) is 27.9 Å². The molecule has 1 saturated heterocycles. The van der Waals surface area contributed by atoms with Crippen LogP contribution < -0.4 is 5.32 Å². The van der Waals surface area contributed by atoms with E-state index < -0.39 is 0 Å². The van der Waals surface area contributed by atoms with Crippen molar-refractivity contribution in [3.63, 3.8) is 0 Å². The molecular weight excluding hydrogens is 405 g/mol. The van der Waals surface area contributed by atoms with Gasteiger partial charge in [-0.3, -0.25) is 4.79 Å². The first-order valence-electron chi connectivity index (χ1n) is 9.61. The molecule has 0 atom stereocenters. The van der Waals surface area contributed by atoms with E-state index in [1.54, 1.807) is 0 Å². The van der Waals surface area contributed by atoms with Gasteiger partial charge < -0.3 is 10.2 Å². The minimum Gasteiger partial charge on any atom is -0.337 e. The second-order valence-corrected chi connectivity index (χ2v) is 7.27. The number of nitrogens with one attached hydrogen (secondary N) is 1. The fourth-order valence-corrected chi connectivity index (χ4v) is 3.64. The number of halogens is 2. The lowest BCUT2D eigenvalue weighted by Gasteiger charge is -2.21. The lowest BCUT2D eigenvalue weighted by atomic mass is 9.99. The van der Waals surface area contributed by atoms with E-state index in [1.165, 1.54) is 11.1 Å². The Morgan fingerprint density at radius 3 is 2.45 bits per heavy atom. The third-order valence-electron chi connectivity index (χ3n) is 5.35. The summed E-state index contributed by atoms with van der Waals surface area (Å²) >= 11 is 0. The average Bonchev–Trinajstić information content (AvgIpc) is 2.98. The highest BCUT2D eigenvalue weighted by Gasteiger charge is 2.21. The third-order valence-corrected chi connectivity index (χ3v) is 5.35. The van der Waals surface area contributed by atoms with Crippen LogP contribution in [0.4, 0.5) is 0 Å². The monoisotopic (exact) mass is 431 g/mol. The number of amides is 1. The molecule has 29 heavy (non-hydrogen) atoms. The summed E-state index contributed by atoms with van der Waals surface area (Å²) in [4.78, 5) is 20.3. The standard InChI is InChI=1S/C23H25N3O.2ClH/c1-16-13-19-20(23(27)26-11-6-9-24-10-12-26)15-21(18-7-4-3-5-8-18)25-22(19)14-17(16)2;;/h3-5,7-8,13-15,24H,6,9-12H2,1-2H3;2*1H. The van der Waals surface area contributed by atoms with Gasteiger partial charge in [-0.15, -0.1) is 24.8 Å². The van der Waals surface area contributed by atoms with Crippen molar-refractivity contribution >= 4 is 41.6 Å². The maximum atomic E-state index is 13.4. The predicted molar refractivity (Wildman–Crippen MR) is 125 cm³/mol. The van der Waals surface area contributed by atoms with Crippen LogP contribution >= 0.6 is 24.8 Å². The van der Waals surface area contributed by atoms with E-state index in [0.29, 0.717) is 0 Å². The SMILES string of the molecule is Cc1cc2nc(-c3ccccc3)cc(C(=O)N3CCCNCC3)c2cc1C.Cl.Cl. The van der Waals surface area contributed by atoms with Crippen LogP contribution in [0.3, 0.4) is 0 Å². The normalized spacial score (nSPS) is 13.9. The van der Waals surface area contributed by atoms with Gasteiger partial charge in [-0.05, 0) is 56.1 Å². The zero-order chi connectivity index (χ0) is 18.8. The van der Waals surface area contributed by atoms with Crippen LogP contribution in [0.5, 0.6) is 0 Å². The molecule has 2 heterocycles. The first kappa shape index (κ1) is 23.1. The number of aryl methyl sites for hydroxylation is 2. The molecule has 0 bridgehead atoms. The van der Waals surface area contributed by atoms with Crippen LogP contribution in [-0.2, 0) is 0 Å². The Kier molecular flexibility index (Phi) is 8.03. The van der Waals surface area contributed by atoms with Gasteiger partial charge in [0.2, 0.25) is 0 Å². The molecule has 4 rings (SSSR count). The van der Waals surface area contributed by atoms with Gasteiger partial charge in [-0.1, -0.05) is 30.3 Å². The number of fused-ring (bicyclic) bond motifs is 1. The molecule has 6 heteroatoms. The fourth-order valence-electron chi connectivity index (χ4n) is 3.64. The Bertz CT molecular complexity index is 984. The lowest BCUT2D eigenvalue weighted by molar-refractivity contribution is 0.0768. The minimum atomic E-state index is 0. The Morgan fingerprint density at radius 2 is 1.69 bits per heavy atom. The predicted octanol–water partition coefficient (Wildman–Crippen LogP) is 4.80. The van der Waals surface area contributed by atoms with Gasteiger partial charge in [0.1, 0.15) is 0 Å². The van der Waals surface area contributed by atoms with Gasteiger partial charge in [0, 0.05) is 30.6 Å². The largest absolute Gasteiger partial charge is 0.337 e. The van der Waals surface area contributed by atoms with Crippen LogP contribution in [0.15, 0.2) is 48.5 Å². The summed E-state index contributed by atoms with van der Waals surface area (Å²) < 4.78 is 0. The maximum Gasteiger partial charge on any atom is 0.254 e. The summed E-state index contributed by atoms with van der Waals surface area (Å²) in [7, 11) is 0. The molecule has 0 unspecified atom stereocenters. The Balaban J connectivity index is 0.00000150. The quantitative estimate of drug-likeness (QED) is 0.633. The molecule has 1 amide bonds. The van der Waals surface area contributed by atoms with Crippen molar-refractivity contribution in [2.45, 2.75) is 20.3 Å². The lowest BCUT2D eigenvalue weighted by Crippen LogP contribution is -2.34. The van der Waals surface area contributed by atoms with Gasteiger partial charge >= 0.3 is 0 Å². The summed E-state index contributed by atoms with van der Waals surface area (Å²) in [5.74, 6) is 0.103. The minimum absolute atomic E-state index is 0. The van der Waals surface area contributed by atoms with E-state index in [2.05, 4.69) is 31.3 Å². The van der Waals surface area contributed by atoms with Gasteiger partial charge in [0.05, 0.1) is 16.8 Å². The highest BCUT2D eigenvalue weighted by atomic mass is 35.5.